The van der Waals surface area contributed by atoms with Crippen molar-refractivity contribution in [3.05, 3.63) is 28.8 Å². The van der Waals surface area contributed by atoms with Crippen molar-refractivity contribution in [3.8, 4) is 0 Å². The minimum absolute atomic E-state index is 0. The number of hydrogen-bond donors (Lipinski definition) is 2. The summed E-state index contributed by atoms with van der Waals surface area (Å²) in [4.78, 5) is 25.9. The zero-order chi connectivity index (χ0) is 16.3. The summed E-state index contributed by atoms with van der Waals surface area (Å²) < 4.78 is 5.23. The van der Waals surface area contributed by atoms with E-state index in [4.69, 9.17) is 22.1 Å². The molecule has 3 N–H and O–H groups in total. The number of nitrogens with zero attached hydrogens (tertiary/aromatic N) is 1. The second-order valence-electron chi connectivity index (χ2n) is 5.62. The van der Waals surface area contributed by atoms with Gasteiger partial charge in [-0.15, -0.1) is 12.4 Å². The SMILES string of the molecule is CN(C)C(=O)c1cc(NC(=O)C2(N)CCOCC2)ccc1Cl.Cl. The minimum Gasteiger partial charge on any atom is -0.381 e. The van der Waals surface area contributed by atoms with Gasteiger partial charge in [-0.2, -0.15) is 0 Å². The van der Waals surface area contributed by atoms with Gasteiger partial charge >= 0.3 is 0 Å². The average molecular weight is 362 g/mol. The Bertz CT molecular complexity index is 587. The van der Waals surface area contributed by atoms with Gasteiger partial charge in [-0.3, -0.25) is 9.59 Å². The standard InChI is InChI=1S/C15H20ClN3O3.ClH/c1-19(2)13(20)11-9-10(3-4-12(11)16)18-14(21)15(17)5-7-22-8-6-15;/h3-4,9H,5-8,17H2,1-2H3,(H,18,21);1H. The minimum atomic E-state index is -0.941. The molecular weight excluding hydrogens is 341 g/mol. The summed E-state index contributed by atoms with van der Waals surface area (Å²) in [6.45, 7) is 0.934. The van der Waals surface area contributed by atoms with Gasteiger partial charge in [0.25, 0.3) is 5.91 Å². The second kappa shape index (κ2) is 7.97. The zero-order valence-electron chi connectivity index (χ0n) is 13.1. The van der Waals surface area contributed by atoms with E-state index in [1.165, 1.54) is 4.90 Å². The predicted octanol–water partition coefficient (Wildman–Crippen LogP) is 1.91. The molecule has 0 saturated carbocycles. The molecular formula is C15H21Cl2N3O3. The Morgan fingerprint density at radius 3 is 2.48 bits per heavy atom. The molecule has 23 heavy (non-hydrogen) atoms. The maximum Gasteiger partial charge on any atom is 0.254 e. The maximum atomic E-state index is 12.4. The van der Waals surface area contributed by atoms with Gasteiger partial charge < -0.3 is 20.7 Å². The molecule has 1 fully saturated rings. The van der Waals surface area contributed by atoms with Gasteiger partial charge in [-0.05, 0) is 31.0 Å². The Balaban J connectivity index is 0.00000264. The number of hydrogen-bond acceptors (Lipinski definition) is 4. The van der Waals surface area contributed by atoms with Crippen LogP contribution in [0, 0.1) is 0 Å². The number of nitrogens with two attached hydrogens (primary N) is 1. The molecule has 0 spiro atoms. The summed E-state index contributed by atoms with van der Waals surface area (Å²) in [5.74, 6) is -0.504. The lowest BCUT2D eigenvalue weighted by molar-refractivity contribution is -0.124. The van der Waals surface area contributed by atoms with E-state index in [1.807, 2.05) is 0 Å². The van der Waals surface area contributed by atoms with Crippen molar-refractivity contribution < 1.29 is 14.3 Å². The third kappa shape index (κ3) is 4.57. The second-order valence-corrected chi connectivity index (χ2v) is 6.02. The fourth-order valence-electron chi connectivity index (χ4n) is 2.23. The van der Waals surface area contributed by atoms with Gasteiger partial charge in [0.05, 0.1) is 10.6 Å². The largest absolute Gasteiger partial charge is 0.381 e. The number of amides is 2. The number of benzene rings is 1. The first-order valence-electron chi connectivity index (χ1n) is 7.03. The molecule has 1 aliphatic heterocycles. The normalized spacial score (nSPS) is 16.2. The molecule has 2 rings (SSSR count). The van der Waals surface area contributed by atoms with Crippen LogP contribution in [0.5, 0.6) is 0 Å². The molecule has 8 heteroatoms. The summed E-state index contributed by atoms with van der Waals surface area (Å²) in [5.41, 5.74) is 6.02. The van der Waals surface area contributed by atoms with E-state index < -0.39 is 5.54 Å². The Kier molecular flexibility index (Phi) is 6.83. The molecule has 0 radical (unpaired) electrons. The molecule has 0 unspecified atom stereocenters. The van der Waals surface area contributed by atoms with Crippen LogP contribution in [0.15, 0.2) is 18.2 Å². The number of halogens is 2. The van der Waals surface area contributed by atoms with Gasteiger partial charge in [0.1, 0.15) is 5.54 Å². The molecule has 0 bridgehead atoms. The van der Waals surface area contributed by atoms with Crippen molar-refractivity contribution in [2.75, 3.05) is 32.6 Å². The highest BCUT2D eigenvalue weighted by molar-refractivity contribution is 6.34. The van der Waals surface area contributed by atoms with E-state index in [9.17, 15) is 9.59 Å². The Morgan fingerprint density at radius 1 is 1.30 bits per heavy atom. The van der Waals surface area contributed by atoms with E-state index in [0.717, 1.165) is 0 Å². The van der Waals surface area contributed by atoms with Crippen LogP contribution in [0.25, 0.3) is 0 Å². The number of rotatable bonds is 3. The molecule has 1 aromatic rings. The molecule has 0 atom stereocenters. The Morgan fingerprint density at radius 2 is 1.91 bits per heavy atom. The van der Waals surface area contributed by atoms with E-state index in [2.05, 4.69) is 5.32 Å². The van der Waals surface area contributed by atoms with Crippen LogP contribution in [0.4, 0.5) is 5.69 Å². The molecule has 0 aliphatic carbocycles. The summed E-state index contributed by atoms with van der Waals surface area (Å²) >= 11 is 6.05. The highest BCUT2D eigenvalue weighted by atomic mass is 35.5. The van der Waals surface area contributed by atoms with Gasteiger partial charge in [-0.25, -0.2) is 0 Å². The topological polar surface area (TPSA) is 84.7 Å². The van der Waals surface area contributed by atoms with E-state index in [-0.39, 0.29) is 24.2 Å². The number of carbonyl (C=O) groups is 2. The van der Waals surface area contributed by atoms with Crippen LogP contribution in [-0.4, -0.2) is 49.6 Å². The van der Waals surface area contributed by atoms with Gasteiger partial charge in [0.2, 0.25) is 5.91 Å². The van der Waals surface area contributed by atoms with Crippen molar-refractivity contribution in [1.29, 1.82) is 0 Å². The Labute approximate surface area is 146 Å². The molecule has 128 valence electrons. The Hall–Kier alpha value is -1.34. The summed E-state index contributed by atoms with van der Waals surface area (Å²) in [7, 11) is 3.28. The molecule has 6 nitrogen and oxygen atoms in total. The van der Waals surface area contributed by atoms with Crippen LogP contribution in [0.3, 0.4) is 0 Å². The highest BCUT2D eigenvalue weighted by Crippen LogP contribution is 2.24. The van der Waals surface area contributed by atoms with E-state index in [1.54, 1.807) is 32.3 Å². The van der Waals surface area contributed by atoms with Crippen molar-refractivity contribution in [2.45, 2.75) is 18.4 Å². The number of nitrogens with one attached hydrogen (secondary N) is 1. The van der Waals surface area contributed by atoms with Crippen LogP contribution in [-0.2, 0) is 9.53 Å². The molecule has 1 aliphatic rings. The third-order valence-corrected chi connectivity index (χ3v) is 4.03. The molecule has 2 amide bonds. The fraction of sp³-hybridized carbons (Fsp3) is 0.467. The van der Waals surface area contributed by atoms with Crippen LogP contribution < -0.4 is 11.1 Å². The summed E-state index contributed by atoms with van der Waals surface area (Å²) in [6.07, 6.45) is 0.936. The maximum absolute atomic E-state index is 12.4. The molecule has 1 heterocycles. The summed E-state index contributed by atoms with van der Waals surface area (Å²) in [5, 5.41) is 3.10. The van der Waals surface area contributed by atoms with Crippen molar-refractivity contribution in [3.63, 3.8) is 0 Å². The van der Waals surface area contributed by atoms with Gasteiger partial charge in [0.15, 0.2) is 0 Å². The van der Waals surface area contributed by atoms with Crippen LogP contribution in [0.1, 0.15) is 23.2 Å². The average Bonchev–Trinajstić information content (AvgIpc) is 2.49. The first kappa shape index (κ1) is 19.7. The monoisotopic (exact) mass is 361 g/mol. The van der Waals surface area contributed by atoms with E-state index >= 15 is 0 Å². The van der Waals surface area contributed by atoms with Crippen molar-refractivity contribution >= 4 is 41.5 Å². The van der Waals surface area contributed by atoms with E-state index in [0.29, 0.717) is 42.3 Å². The van der Waals surface area contributed by atoms with Crippen LogP contribution in [0.2, 0.25) is 5.02 Å². The molecule has 0 aromatic heterocycles. The molecule has 1 saturated heterocycles. The first-order valence-corrected chi connectivity index (χ1v) is 7.40. The lowest BCUT2D eigenvalue weighted by atomic mass is 9.90. The third-order valence-electron chi connectivity index (χ3n) is 3.70. The molecule has 1 aromatic carbocycles. The van der Waals surface area contributed by atoms with Crippen molar-refractivity contribution in [1.82, 2.24) is 4.90 Å². The lowest BCUT2D eigenvalue weighted by Gasteiger charge is -2.31. The number of anilines is 1. The van der Waals surface area contributed by atoms with Crippen LogP contribution >= 0.6 is 24.0 Å². The van der Waals surface area contributed by atoms with Gasteiger partial charge in [0, 0.05) is 33.0 Å². The zero-order valence-corrected chi connectivity index (χ0v) is 14.7. The fourth-order valence-corrected chi connectivity index (χ4v) is 2.42. The highest BCUT2D eigenvalue weighted by Gasteiger charge is 2.36. The van der Waals surface area contributed by atoms with Crippen molar-refractivity contribution in [2.24, 2.45) is 5.73 Å². The quantitative estimate of drug-likeness (QED) is 0.860. The number of carbonyl (C=O) groups excluding carboxylic acids is 2. The lowest BCUT2D eigenvalue weighted by Crippen LogP contribution is -2.54. The van der Waals surface area contributed by atoms with Gasteiger partial charge in [-0.1, -0.05) is 11.6 Å². The number of ether oxygens (including phenoxy) is 1. The first-order chi connectivity index (χ1) is 10.3. The predicted molar refractivity (Wildman–Crippen MR) is 92.3 cm³/mol. The summed E-state index contributed by atoms with van der Waals surface area (Å²) in [6, 6.07) is 4.79. The smallest absolute Gasteiger partial charge is 0.254 e.